The zero-order valence-corrected chi connectivity index (χ0v) is 17.8. The highest BCUT2D eigenvalue weighted by Gasteiger charge is 2.35. The van der Waals surface area contributed by atoms with Gasteiger partial charge in [0.05, 0.1) is 13.0 Å². The summed E-state index contributed by atoms with van der Waals surface area (Å²) >= 11 is 6.01. The van der Waals surface area contributed by atoms with Crippen molar-refractivity contribution in [3.63, 3.8) is 0 Å². The fourth-order valence-corrected chi connectivity index (χ4v) is 5.53. The Morgan fingerprint density at radius 2 is 2.00 bits per heavy atom. The molecule has 1 saturated heterocycles. The Bertz CT molecular complexity index is 1070. The highest BCUT2D eigenvalue weighted by Crippen LogP contribution is 2.35. The van der Waals surface area contributed by atoms with Gasteiger partial charge >= 0.3 is 0 Å². The molecule has 0 aromatic heterocycles. The molecular formula is C20H21ClN2O6S. The monoisotopic (exact) mass is 452 g/mol. The Balaban J connectivity index is 1.50. The third-order valence-corrected chi connectivity index (χ3v) is 7.26. The summed E-state index contributed by atoms with van der Waals surface area (Å²) in [5, 5.41) is 3.14. The van der Waals surface area contributed by atoms with Crippen molar-refractivity contribution in [3.05, 3.63) is 41.4 Å². The molecule has 160 valence electrons. The van der Waals surface area contributed by atoms with Crippen LogP contribution in [0.5, 0.6) is 17.2 Å². The number of methoxy groups -OCH3 is 1. The van der Waals surface area contributed by atoms with Gasteiger partial charge in [-0.15, -0.1) is 0 Å². The average molecular weight is 453 g/mol. The minimum Gasteiger partial charge on any atom is -0.495 e. The number of piperidine rings is 1. The van der Waals surface area contributed by atoms with Gasteiger partial charge in [-0.05, 0) is 43.2 Å². The molecule has 0 spiro atoms. The number of fused-ring (bicyclic) bond motifs is 1. The summed E-state index contributed by atoms with van der Waals surface area (Å²) in [6.45, 7) is 0.551. The number of hydrogen-bond donors (Lipinski definition) is 1. The van der Waals surface area contributed by atoms with Crippen LogP contribution in [0.25, 0.3) is 0 Å². The number of benzene rings is 2. The number of anilines is 1. The molecule has 2 aromatic carbocycles. The topological polar surface area (TPSA) is 94.2 Å². The van der Waals surface area contributed by atoms with Gasteiger partial charge in [-0.3, -0.25) is 4.79 Å². The number of halogens is 1. The summed E-state index contributed by atoms with van der Waals surface area (Å²) in [4.78, 5) is 12.8. The molecule has 0 aliphatic carbocycles. The lowest BCUT2D eigenvalue weighted by molar-refractivity contribution is -0.120. The Hall–Kier alpha value is -2.49. The lowest BCUT2D eigenvalue weighted by Gasteiger charge is -2.31. The molecule has 1 fully saturated rings. The summed E-state index contributed by atoms with van der Waals surface area (Å²) < 4.78 is 43.5. The highest BCUT2D eigenvalue weighted by atomic mass is 35.5. The van der Waals surface area contributed by atoms with Crippen LogP contribution in [0, 0.1) is 5.92 Å². The van der Waals surface area contributed by atoms with Gasteiger partial charge in [0.25, 0.3) is 0 Å². The van der Waals surface area contributed by atoms with Gasteiger partial charge in [-0.25, -0.2) is 8.42 Å². The van der Waals surface area contributed by atoms with Crippen molar-refractivity contribution in [2.45, 2.75) is 17.7 Å². The third kappa shape index (κ3) is 4.05. The molecule has 0 saturated carbocycles. The van der Waals surface area contributed by atoms with Crippen molar-refractivity contribution in [3.8, 4) is 17.2 Å². The predicted molar refractivity (Wildman–Crippen MR) is 111 cm³/mol. The number of ether oxygens (including phenoxy) is 3. The van der Waals surface area contributed by atoms with Crippen molar-refractivity contribution in [2.75, 3.05) is 32.3 Å². The molecule has 30 heavy (non-hydrogen) atoms. The molecule has 0 radical (unpaired) electrons. The molecule has 2 aromatic rings. The predicted octanol–water partition coefficient (Wildman–Crippen LogP) is 3.12. The van der Waals surface area contributed by atoms with Crippen molar-refractivity contribution < 1.29 is 27.4 Å². The van der Waals surface area contributed by atoms with E-state index in [0.29, 0.717) is 41.6 Å². The lowest BCUT2D eigenvalue weighted by Crippen LogP contribution is -2.43. The van der Waals surface area contributed by atoms with Crippen molar-refractivity contribution in [1.29, 1.82) is 0 Å². The second-order valence-corrected chi connectivity index (χ2v) is 9.40. The number of sulfonamides is 1. The van der Waals surface area contributed by atoms with E-state index >= 15 is 0 Å². The lowest BCUT2D eigenvalue weighted by atomic mass is 9.98. The van der Waals surface area contributed by atoms with E-state index in [1.807, 2.05) is 0 Å². The molecular weight excluding hydrogens is 432 g/mol. The quantitative estimate of drug-likeness (QED) is 0.749. The summed E-state index contributed by atoms with van der Waals surface area (Å²) in [5.41, 5.74) is 0.570. The van der Waals surface area contributed by atoms with Crippen LogP contribution in [-0.4, -0.2) is 45.6 Å². The van der Waals surface area contributed by atoms with Crippen LogP contribution in [0.2, 0.25) is 5.02 Å². The Labute approximate surface area is 179 Å². The molecule has 1 atom stereocenters. The van der Waals surface area contributed by atoms with E-state index in [1.165, 1.54) is 23.5 Å². The van der Waals surface area contributed by atoms with E-state index in [0.717, 1.165) is 0 Å². The van der Waals surface area contributed by atoms with E-state index in [1.54, 1.807) is 24.3 Å². The molecule has 4 rings (SSSR count). The fourth-order valence-electron chi connectivity index (χ4n) is 3.58. The first-order valence-electron chi connectivity index (χ1n) is 9.42. The van der Waals surface area contributed by atoms with Gasteiger partial charge in [0.15, 0.2) is 11.5 Å². The van der Waals surface area contributed by atoms with Gasteiger partial charge in [0, 0.05) is 29.9 Å². The van der Waals surface area contributed by atoms with E-state index in [4.69, 9.17) is 25.8 Å². The second-order valence-electron chi connectivity index (χ2n) is 7.05. The summed E-state index contributed by atoms with van der Waals surface area (Å²) in [6.07, 6.45) is 1.16. The smallest absolute Gasteiger partial charge is 0.246 e. The van der Waals surface area contributed by atoms with E-state index in [2.05, 4.69) is 5.32 Å². The van der Waals surface area contributed by atoms with Crippen molar-refractivity contribution in [1.82, 2.24) is 4.31 Å². The number of carbonyl (C=O) groups excluding carboxylic acids is 1. The fraction of sp³-hybridized carbons (Fsp3) is 0.350. The molecule has 2 heterocycles. The zero-order chi connectivity index (χ0) is 21.3. The van der Waals surface area contributed by atoms with Crippen LogP contribution in [0.4, 0.5) is 5.69 Å². The largest absolute Gasteiger partial charge is 0.495 e. The molecule has 1 amide bonds. The second kappa shape index (κ2) is 8.33. The number of rotatable bonds is 5. The van der Waals surface area contributed by atoms with Crippen LogP contribution in [0.3, 0.4) is 0 Å². The molecule has 2 aliphatic heterocycles. The molecule has 1 N–H and O–H groups in total. The number of hydrogen-bond acceptors (Lipinski definition) is 6. The van der Waals surface area contributed by atoms with Gasteiger partial charge in [-0.1, -0.05) is 11.6 Å². The van der Waals surface area contributed by atoms with Crippen LogP contribution in [0.1, 0.15) is 12.8 Å². The number of amides is 1. The number of nitrogens with zero attached hydrogens (tertiary/aromatic N) is 1. The molecule has 10 heteroatoms. The van der Waals surface area contributed by atoms with Gasteiger partial charge in [0.2, 0.25) is 22.7 Å². The standard InChI is InChI=1S/C20H21ClN2O6S/c1-27-17-6-4-14(21)9-19(17)30(25,26)23-8-2-3-13(11-23)20(24)22-15-5-7-16-18(10-15)29-12-28-16/h4-7,9-10,13H,2-3,8,11-12H2,1H3,(H,22,24)/t13-/m0/s1. The average Bonchev–Trinajstić information content (AvgIpc) is 3.21. The van der Waals surface area contributed by atoms with E-state index in [9.17, 15) is 13.2 Å². The van der Waals surface area contributed by atoms with Gasteiger partial charge in [-0.2, -0.15) is 4.31 Å². The minimum atomic E-state index is -3.87. The molecule has 2 aliphatic rings. The van der Waals surface area contributed by atoms with E-state index in [-0.39, 0.29) is 29.9 Å². The Morgan fingerprint density at radius 1 is 1.20 bits per heavy atom. The van der Waals surface area contributed by atoms with Crippen LogP contribution >= 0.6 is 11.6 Å². The molecule has 0 unspecified atom stereocenters. The first-order chi connectivity index (χ1) is 14.4. The third-order valence-electron chi connectivity index (χ3n) is 5.14. The Morgan fingerprint density at radius 3 is 2.80 bits per heavy atom. The normalized spacial score (nSPS) is 18.8. The van der Waals surface area contributed by atoms with Crippen molar-refractivity contribution in [2.24, 2.45) is 5.92 Å². The van der Waals surface area contributed by atoms with Gasteiger partial charge < -0.3 is 19.5 Å². The first kappa shape index (κ1) is 20.8. The highest BCUT2D eigenvalue weighted by molar-refractivity contribution is 7.89. The van der Waals surface area contributed by atoms with Gasteiger partial charge in [0.1, 0.15) is 10.6 Å². The minimum absolute atomic E-state index is 0.00525. The maximum Gasteiger partial charge on any atom is 0.246 e. The van der Waals surface area contributed by atoms with Crippen LogP contribution < -0.4 is 19.5 Å². The number of nitrogens with one attached hydrogen (secondary N) is 1. The number of carbonyl (C=O) groups is 1. The molecule has 0 bridgehead atoms. The zero-order valence-electron chi connectivity index (χ0n) is 16.3. The summed E-state index contributed by atoms with van der Waals surface area (Å²) in [6, 6.07) is 9.58. The summed E-state index contributed by atoms with van der Waals surface area (Å²) in [7, 11) is -2.46. The van der Waals surface area contributed by atoms with Crippen LogP contribution in [0.15, 0.2) is 41.3 Å². The summed E-state index contributed by atoms with van der Waals surface area (Å²) in [5.74, 6) is 0.675. The van der Waals surface area contributed by atoms with E-state index < -0.39 is 15.9 Å². The SMILES string of the molecule is COc1ccc(Cl)cc1S(=O)(=O)N1CCC[C@H](C(=O)Nc2ccc3c(c2)OCO3)C1. The molecule has 8 nitrogen and oxygen atoms in total. The Kier molecular flexibility index (Phi) is 5.77. The first-order valence-corrected chi connectivity index (χ1v) is 11.2. The van der Waals surface area contributed by atoms with Crippen LogP contribution in [-0.2, 0) is 14.8 Å². The maximum atomic E-state index is 13.2. The van der Waals surface area contributed by atoms with Crippen molar-refractivity contribution >= 4 is 33.2 Å². The maximum absolute atomic E-state index is 13.2.